The number of hydrogen-bond acceptors (Lipinski definition) is 7. The molecule has 7 nitrogen and oxygen atoms in total. The lowest BCUT2D eigenvalue weighted by Crippen LogP contribution is -2.40. The van der Waals surface area contributed by atoms with Crippen molar-refractivity contribution in [3.8, 4) is 0 Å². The summed E-state index contributed by atoms with van der Waals surface area (Å²) in [4.78, 5) is 36.1. The zero-order valence-electron chi connectivity index (χ0n) is 21.9. The molecule has 1 saturated heterocycles. The number of carbonyl (C=O) groups excluding carboxylic acids is 1. The normalized spacial score (nSPS) is 14.1. The highest BCUT2D eigenvalue weighted by molar-refractivity contribution is 7.22. The maximum atomic E-state index is 14.1. The molecule has 3 heterocycles. The van der Waals surface area contributed by atoms with Crippen LogP contribution in [0.4, 0.5) is 5.13 Å². The van der Waals surface area contributed by atoms with Gasteiger partial charge in [-0.05, 0) is 54.3 Å². The maximum absolute atomic E-state index is 14.1. The minimum Gasteiger partial charge on any atom is -0.422 e. The third kappa shape index (κ3) is 5.30. The molecule has 0 atom stereocenters. The first-order valence-corrected chi connectivity index (χ1v) is 13.8. The first-order valence-electron chi connectivity index (χ1n) is 12.9. The number of aryl methyl sites for hydroxylation is 2. The number of amides is 1. The molecule has 6 rings (SSSR count). The van der Waals surface area contributed by atoms with Crippen molar-refractivity contribution in [2.24, 2.45) is 0 Å². The predicted molar refractivity (Wildman–Crippen MR) is 160 cm³/mol. The fourth-order valence-electron chi connectivity index (χ4n) is 5.09. The number of ether oxygens (including phenoxy) is 1. The summed E-state index contributed by atoms with van der Waals surface area (Å²) in [5.41, 5.74) is 2.93. The summed E-state index contributed by atoms with van der Waals surface area (Å²) in [6.07, 6.45) is 0.751. The van der Waals surface area contributed by atoms with E-state index in [1.807, 2.05) is 37.3 Å². The molecule has 2 aromatic heterocycles. The van der Waals surface area contributed by atoms with Crippen molar-refractivity contribution < 1.29 is 13.9 Å². The second-order valence-electron chi connectivity index (χ2n) is 9.78. The summed E-state index contributed by atoms with van der Waals surface area (Å²) >= 11 is 1.49. The third-order valence-corrected chi connectivity index (χ3v) is 8.45. The number of hydrogen-bond donors (Lipinski definition) is 0. The summed E-state index contributed by atoms with van der Waals surface area (Å²) in [6.45, 7) is 8.59. The smallest absolute Gasteiger partial charge is 0.349 e. The number of anilines is 1. The number of halogens is 1. The molecule has 0 N–H and O–H groups in total. The van der Waals surface area contributed by atoms with E-state index in [1.54, 1.807) is 17.0 Å². The van der Waals surface area contributed by atoms with Crippen molar-refractivity contribution in [2.75, 3.05) is 44.3 Å². The van der Waals surface area contributed by atoms with Crippen LogP contribution in [-0.4, -0.2) is 55.2 Å². The Morgan fingerprint density at radius 1 is 1.03 bits per heavy atom. The number of benzene rings is 3. The second-order valence-corrected chi connectivity index (χ2v) is 10.8. The molecule has 0 bridgehead atoms. The molecule has 0 spiro atoms. The fraction of sp³-hybridized carbons (Fsp3) is 0.300. The molecule has 1 amide bonds. The molecule has 1 fully saturated rings. The standard InChI is InChI=1S/C30H29N3O4S.ClH/c1-19-8-9-20(2)27-26(19)31-30(38-27)33(13-5-12-32-14-16-36-17-15-32)28(34)24-18-23-22-7-4-3-6-21(22)10-11-25(23)37-29(24)35;/h3-4,6-11,18H,5,12-17H2,1-2H3;1H. The van der Waals surface area contributed by atoms with Crippen molar-refractivity contribution in [3.63, 3.8) is 0 Å². The molecule has 0 saturated carbocycles. The Balaban J connectivity index is 0.00000308. The van der Waals surface area contributed by atoms with Crippen molar-refractivity contribution in [2.45, 2.75) is 20.3 Å². The van der Waals surface area contributed by atoms with Crippen LogP contribution in [0.5, 0.6) is 0 Å². The molecule has 0 aliphatic carbocycles. The highest BCUT2D eigenvalue weighted by Gasteiger charge is 2.26. The summed E-state index contributed by atoms with van der Waals surface area (Å²) in [6, 6.07) is 17.4. The number of rotatable bonds is 6. The molecule has 3 aromatic carbocycles. The summed E-state index contributed by atoms with van der Waals surface area (Å²) in [7, 11) is 0. The van der Waals surface area contributed by atoms with Crippen molar-refractivity contribution in [1.29, 1.82) is 0 Å². The molecule has 0 unspecified atom stereocenters. The van der Waals surface area contributed by atoms with E-state index in [0.717, 1.165) is 76.8 Å². The van der Waals surface area contributed by atoms with Gasteiger partial charge in [0.05, 0.1) is 23.4 Å². The molecule has 9 heteroatoms. The Labute approximate surface area is 236 Å². The average Bonchev–Trinajstić information content (AvgIpc) is 3.39. The van der Waals surface area contributed by atoms with Crippen LogP contribution in [0.3, 0.4) is 0 Å². The maximum Gasteiger partial charge on any atom is 0.349 e. The van der Waals surface area contributed by atoms with Gasteiger partial charge in [0, 0.05) is 31.6 Å². The van der Waals surface area contributed by atoms with E-state index in [-0.39, 0.29) is 23.9 Å². The third-order valence-electron chi connectivity index (χ3n) is 7.24. The SMILES string of the molecule is Cc1ccc(C)c2sc(N(CCCN3CCOCC3)C(=O)c3cc4c(ccc5ccccc54)oc3=O)nc12.Cl. The second kappa shape index (κ2) is 11.4. The number of thiazole rings is 1. The molecule has 1 aliphatic rings. The summed E-state index contributed by atoms with van der Waals surface area (Å²) in [5.74, 6) is -0.384. The number of fused-ring (bicyclic) bond motifs is 4. The first kappa shape index (κ1) is 27.3. The van der Waals surface area contributed by atoms with Gasteiger partial charge in [-0.1, -0.05) is 53.8 Å². The van der Waals surface area contributed by atoms with E-state index < -0.39 is 5.63 Å². The van der Waals surface area contributed by atoms with Gasteiger partial charge in [0.15, 0.2) is 5.13 Å². The Morgan fingerprint density at radius 3 is 2.59 bits per heavy atom. The molecule has 0 radical (unpaired) electrons. The lowest BCUT2D eigenvalue weighted by atomic mass is 10.0. The quantitative estimate of drug-likeness (QED) is 0.187. The van der Waals surface area contributed by atoms with Gasteiger partial charge in [0.1, 0.15) is 11.1 Å². The van der Waals surface area contributed by atoms with E-state index in [9.17, 15) is 9.59 Å². The Kier molecular flexibility index (Phi) is 8.00. The first-order chi connectivity index (χ1) is 18.5. The van der Waals surface area contributed by atoms with Crippen LogP contribution in [0.25, 0.3) is 32.0 Å². The van der Waals surface area contributed by atoms with Gasteiger partial charge in [-0.2, -0.15) is 0 Å². The Bertz CT molecular complexity index is 1690. The molecular weight excluding hydrogens is 534 g/mol. The fourth-order valence-corrected chi connectivity index (χ4v) is 6.23. The zero-order chi connectivity index (χ0) is 26.2. The lowest BCUT2D eigenvalue weighted by Gasteiger charge is -2.27. The van der Waals surface area contributed by atoms with E-state index in [4.69, 9.17) is 14.1 Å². The monoisotopic (exact) mass is 563 g/mol. The van der Waals surface area contributed by atoms with Crippen molar-refractivity contribution in [1.82, 2.24) is 9.88 Å². The molecule has 202 valence electrons. The number of aromatic nitrogens is 1. The number of nitrogens with zero attached hydrogens (tertiary/aromatic N) is 3. The summed E-state index contributed by atoms with van der Waals surface area (Å²) < 4.78 is 12.2. The van der Waals surface area contributed by atoms with Gasteiger partial charge >= 0.3 is 5.63 Å². The predicted octanol–water partition coefficient (Wildman–Crippen LogP) is 5.96. The number of carbonyl (C=O) groups is 1. The average molecular weight is 564 g/mol. The van der Waals surface area contributed by atoms with Gasteiger partial charge in [-0.15, -0.1) is 12.4 Å². The minimum absolute atomic E-state index is 0. The van der Waals surface area contributed by atoms with Gasteiger partial charge in [0.25, 0.3) is 5.91 Å². The highest BCUT2D eigenvalue weighted by Crippen LogP contribution is 2.34. The number of morpholine rings is 1. The van der Waals surface area contributed by atoms with Gasteiger partial charge in [-0.3, -0.25) is 14.6 Å². The molecule has 5 aromatic rings. The van der Waals surface area contributed by atoms with Crippen LogP contribution in [-0.2, 0) is 4.74 Å². The van der Waals surface area contributed by atoms with Crippen LogP contribution in [0.15, 0.2) is 63.8 Å². The minimum atomic E-state index is -0.635. The van der Waals surface area contributed by atoms with Crippen LogP contribution in [0.2, 0.25) is 0 Å². The lowest BCUT2D eigenvalue weighted by molar-refractivity contribution is 0.0376. The van der Waals surface area contributed by atoms with E-state index in [1.165, 1.54) is 11.3 Å². The van der Waals surface area contributed by atoms with E-state index in [0.29, 0.717) is 17.3 Å². The Hall–Kier alpha value is -3.30. The topological polar surface area (TPSA) is 75.9 Å². The summed E-state index contributed by atoms with van der Waals surface area (Å²) in [5, 5.41) is 3.30. The van der Waals surface area contributed by atoms with Crippen LogP contribution >= 0.6 is 23.7 Å². The van der Waals surface area contributed by atoms with Crippen LogP contribution < -0.4 is 10.5 Å². The van der Waals surface area contributed by atoms with Gasteiger partial charge in [-0.25, -0.2) is 9.78 Å². The van der Waals surface area contributed by atoms with Crippen molar-refractivity contribution >= 4 is 66.7 Å². The van der Waals surface area contributed by atoms with E-state index >= 15 is 0 Å². The zero-order valence-corrected chi connectivity index (χ0v) is 23.6. The molecule has 1 aliphatic heterocycles. The van der Waals surface area contributed by atoms with Gasteiger partial charge < -0.3 is 9.15 Å². The van der Waals surface area contributed by atoms with E-state index in [2.05, 4.69) is 24.0 Å². The van der Waals surface area contributed by atoms with Gasteiger partial charge in [0.2, 0.25) is 0 Å². The molecule has 39 heavy (non-hydrogen) atoms. The highest BCUT2D eigenvalue weighted by atomic mass is 35.5. The van der Waals surface area contributed by atoms with Crippen LogP contribution in [0, 0.1) is 13.8 Å². The largest absolute Gasteiger partial charge is 0.422 e. The Morgan fingerprint density at radius 2 is 1.79 bits per heavy atom. The molecular formula is C30H30ClN3O4S. The van der Waals surface area contributed by atoms with Crippen molar-refractivity contribution in [3.05, 3.63) is 81.7 Å². The van der Waals surface area contributed by atoms with Crippen LogP contribution in [0.1, 0.15) is 27.9 Å².